The van der Waals surface area contributed by atoms with Crippen molar-refractivity contribution in [3.05, 3.63) is 214 Å². The highest BCUT2D eigenvalue weighted by Gasteiger charge is 2.52. The van der Waals surface area contributed by atoms with Gasteiger partial charge in [0.25, 0.3) is 0 Å². The van der Waals surface area contributed by atoms with Crippen molar-refractivity contribution < 1.29 is 29.9 Å². The third kappa shape index (κ3) is 4.15. The van der Waals surface area contributed by atoms with E-state index >= 15 is 0 Å². The Labute approximate surface area is 322 Å². The average molecular weight is 729 g/mol. The van der Waals surface area contributed by atoms with Crippen LogP contribution in [0.25, 0.3) is 22.3 Å². The Morgan fingerprint density at radius 2 is 0.500 bits per heavy atom. The molecule has 0 fully saturated rings. The van der Waals surface area contributed by atoms with Crippen LogP contribution in [0.3, 0.4) is 0 Å². The molecule has 2 spiro atoms. The maximum Gasteiger partial charge on any atom is 0.135 e. The number of ether oxygens (including phenoxy) is 2. The third-order valence-electron chi connectivity index (χ3n) is 11.8. The van der Waals surface area contributed by atoms with Crippen molar-refractivity contribution in [1.29, 1.82) is 0 Å². The molecule has 0 bridgehead atoms. The lowest BCUT2D eigenvalue weighted by molar-refractivity contribution is 0.416. The molecule has 0 unspecified atom stereocenters. The normalized spacial score (nSPS) is 14.6. The second-order valence-corrected chi connectivity index (χ2v) is 14.6. The van der Waals surface area contributed by atoms with Gasteiger partial charge in [0.1, 0.15) is 46.0 Å². The number of rotatable bonds is 0. The summed E-state index contributed by atoms with van der Waals surface area (Å²) in [5.74, 6) is 3.01. The van der Waals surface area contributed by atoms with Crippen molar-refractivity contribution in [3.63, 3.8) is 0 Å². The molecule has 0 saturated carbocycles. The molecule has 268 valence electrons. The summed E-state index contributed by atoms with van der Waals surface area (Å²) < 4.78 is 12.3. The summed E-state index contributed by atoms with van der Waals surface area (Å²) in [5.41, 5.74) is 12.3. The van der Waals surface area contributed by atoms with Gasteiger partial charge in [-0.25, -0.2) is 0 Å². The molecule has 6 nitrogen and oxygen atoms in total. The van der Waals surface area contributed by atoms with Crippen LogP contribution in [-0.4, -0.2) is 20.4 Å². The molecule has 0 aromatic heterocycles. The molecule has 0 atom stereocenters. The molecule has 4 aliphatic rings. The Kier molecular flexibility index (Phi) is 6.60. The van der Waals surface area contributed by atoms with E-state index in [0.717, 1.165) is 22.3 Å². The predicted molar refractivity (Wildman–Crippen MR) is 214 cm³/mol. The lowest BCUT2D eigenvalue weighted by Crippen LogP contribution is -2.32. The van der Waals surface area contributed by atoms with E-state index in [4.69, 9.17) is 9.47 Å². The predicted octanol–water partition coefficient (Wildman–Crippen LogP) is 11.1. The van der Waals surface area contributed by atoms with E-state index in [1.807, 2.05) is 24.3 Å². The SMILES string of the molecule is Oc1ccc2c(c1)Oc1cc(O)ccc1C21c2ccccc2-c2ccccc21.Oc1ccc2c(c1)Oc1cc(O)ccc1C21c2ccccc2-c2ccccc21. The van der Waals surface area contributed by atoms with Gasteiger partial charge in [0.05, 0.1) is 10.8 Å². The van der Waals surface area contributed by atoms with Gasteiger partial charge in [0, 0.05) is 46.5 Å². The van der Waals surface area contributed by atoms with E-state index in [0.29, 0.717) is 23.0 Å². The zero-order valence-electron chi connectivity index (χ0n) is 29.8. The van der Waals surface area contributed by atoms with Crippen molar-refractivity contribution in [2.45, 2.75) is 10.8 Å². The minimum absolute atomic E-state index is 0.150. The monoisotopic (exact) mass is 728 g/mol. The fourth-order valence-electron chi connectivity index (χ4n) is 9.78. The van der Waals surface area contributed by atoms with Gasteiger partial charge in [-0.1, -0.05) is 121 Å². The summed E-state index contributed by atoms with van der Waals surface area (Å²) in [7, 11) is 0. The second-order valence-electron chi connectivity index (χ2n) is 14.6. The fourth-order valence-corrected chi connectivity index (χ4v) is 9.78. The Balaban J connectivity index is 0.000000130. The fraction of sp³-hybridized carbons (Fsp3) is 0.0400. The van der Waals surface area contributed by atoms with Crippen LogP contribution in [0.2, 0.25) is 0 Å². The molecule has 2 aliphatic carbocycles. The van der Waals surface area contributed by atoms with Crippen molar-refractivity contribution in [1.82, 2.24) is 0 Å². The minimum Gasteiger partial charge on any atom is -0.508 e. The number of phenols is 4. The van der Waals surface area contributed by atoms with E-state index in [1.54, 1.807) is 48.5 Å². The van der Waals surface area contributed by atoms with Gasteiger partial charge >= 0.3 is 0 Å². The summed E-state index contributed by atoms with van der Waals surface area (Å²) in [6, 6.07) is 54.9. The van der Waals surface area contributed by atoms with Gasteiger partial charge in [0.15, 0.2) is 0 Å². The first-order valence-corrected chi connectivity index (χ1v) is 18.5. The van der Waals surface area contributed by atoms with E-state index in [9.17, 15) is 20.4 Å². The first-order valence-electron chi connectivity index (χ1n) is 18.5. The molecule has 0 amide bonds. The summed E-state index contributed by atoms with van der Waals surface area (Å²) in [6.07, 6.45) is 0. The molecule has 2 aliphatic heterocycles. The quantitative estimate of drug-likeness (QED) is 0.124. The van der Waals surface area contributed by atoms with Crippen molar-refractivity contribution in [2.24, 2.45) is 0 Å². The first kappa shape index (κ1) is 32.0. The van der Waals surface area contributed by atoms with Gasteiger partial charge < -0.3 is 29.9 Å². The number of aromatic hydroxyl groups is 4. The van der Waals surface area contributed by atoms with Crippen LogP contribution in [0.1, 0.15) is 44.5 Å². The van der Waals surface area contributed by atoms with Crippen molar-refractivity contribution in [2.75, 3.05) is 0 Å². The van der Waals surface area contributed by atoms with Gasteiger partial charge in [-0.15, -0.1) is 0 Å². The zero-order chi connectivity index (χ0) is 37.8. The van der Waals surface area contributed by atoms with E-state index in [-0.39, 0.29) is 23.0 Å². The van der Waals surface area contributed by atoms with Gasteiger partial charge in [-0.3, -0.25) is 0 Å². The average Bonchev–Trinajstić information content (AvgIpc) is 3.67. The molecular formula is C50H32O6. The van der Waals surface area contributed by atoms with E-state index < -0.39 is 10.8 Å². The molecule has 8 aromatic carbocycles. The molecular weight excluding hydrogens is 697 g/mol. The van der Waals surface area contributed by atoms with Crippen LogP contribution in [-0.2, 0) is 10.8 Å². The van der Waals surface area contributed by atoms with Crippen LogP contribution in [0, 0.1) is 0 Å². The molecule has 8 aromatic rings. The zero-order valence-corrected chi connectivity index (χ0v) is 29.8. The Morgan fingerprint density at radius 3 is 0.750 bits per heavy atom. The Morgan fingerprint density at radius 1 is 0.268 bits per heavy atom. The van der Waals surface area contributed by atoms with Crippen LogP contribution in [0.4, 0.5) is 0 Å². The number of benzene rings is 8. The van der Waals surface area contributed by atoms with Crippen molar-refractivity contribution in [3.8, 4) is 68.2 Å². The lowest BCUT2D eigenvalue weighted by Gasteiger charge is -2.39. The summed E-state index contributed by atoms with van der Waals surface area (Å²) in [6.45, 7) is 0. The van der Waals surface area contributed by atoms with Gasteiger partial charge in [-0.05, 0) is 68.8 Å². The largest absolute Gasteiger partial charge is 0.508 e. The number of phenolic OH excluding ortho intramolecular Hbond substituents is 4. The number of fused-ring (bicyclic) bond motifs is 18. The molecule has 0 radical (unpaired) electrons. The van der Waals surface area contributed by atoms with Crippen LogP contribution in [0.5, 0.6) is 46.0 Å². The Bertz CT molecular complexity index is 2550. The third-order valence-corrected chi connectivity index (χ3v) is 11.8. The highest BCUT2D eigenvalue weighted by molar-refractivity contribution is 5.90. The van der Waals surface area contributed by atoms with E-state index in [1.165, 1.54) is 44.5 Å². The highest BCUT2D eigenvalue weighted by atomic mass is 16.5. The minimum atomic E-state index is -0.558. The summed E-state index contributed by atoms with van der Waals surface area (Å²) in [4.78, 5) is 0. The van der Waals surface area contributed by atoms with Crippen molar-refractivity contribution >= 4 is 0 Å². The molecule has 4 N–H and O–H groups in total. The molecule has 6 heteroatoms. The topological polar surface area (TPSA) is 99.4 Å². The van der Waals surface area contributed by atoms with E-state index in [2.05, 4.69) is 97.1 Å². The van der Waals surface area contributed by atoms with Gasteiger partial charge in [-0.2, -0.15) is 0 Å². The van der Waals surface area contributed by atoms with Gasteiger partial charge in [0.2, 0.25) is 0 Å². The molecule has 0 saturated heterocycles. The maximum absolute atomic E-state index is 10.1. The molecule has 56 heavy (non-hydrogen) atoms. The standard InChI is InChI=1S/2C25H16O3/c2*26-15-9-11-21-23(13-15)28-24-14-16(27)10-12-22(24)25(21)19-7-3-1-5-17(19)18-6-2-4-8-20(18)25/h2*1-14,26-27H. The second kappa shape index (κ2) is 11.5. The smallest absolute Gasteiger partial charge is 0.135 e. The Hall–Kier alpha value is -7.44. The summed E-state index contributed by atoms with van der Waals surface area (Å²) in [5, 5.41) is 40.3. The number of hydrogen-bond donors (Lipinski definition) is 4. The lowest BCUT2D eigenvalue weighted by atomic mass is 9.66. The van der Waals surface area contributed by atoms with Crippen LogP contribution < -0.4 is 9.47 Å². The molecule has 12 rings (SSSR count). The number of hydrogen-bond acceptors (Lipinski definition) is 6. The molecule has 2 heterocycles. The van der Waals surface area contributed by atoms with Crippen LogP contribution >= 0.6 is 0 Å². The summed E-state index contributed by atoms with van der Waals surface area (Å²) >= 11 is 0. The maximum atomic E-state index is 10.1. The van der Waals surface area contributed by atoms with Crippen LogP contribution in [0.15, 0.2) is 170 Å². The first-order chi connectivity index (χ1) is 27.4. The highest BCUT2D eigenvalue weighted by Crippen LogP contribution is 2.64.